The SMILES string of the molecule is CSc1ccc(S(=O)(=O)N(CC(=O)N(Cc2ccc(Br)cc2)C(C)C(=O)NCC(C)C)c2ccc(C)cc2)cc1. The van der Waals surface area contributed by atoms with Crippen LogP contribution in [-0.4, -0.2) is 50.5 Å². The van der Waals surface area contributed by atoms with Crippen LogP contribution in [0.1, 0.15) is 31.9 Å². The number of amides is 2. The van der Waals surface area contributed by atoms with Crippen LogP contribution < -0.4 is 9.62 Å². The summed E-state index contributed by atoms with van der Waals surface area (Å²) in [7, 11) is -4.10. The summed E-state index contributed by atoms with van der Waals surface area (Å²) >= 11 is 4.94. The van der Waals surface area contributed by atoms with Crippen molar-refractivity contribution in [1.29, 1.82) is 0 Å². The Bertz CT molecular complexity index is 1390. The average molecular weight is 647 g/mol. The van der Waals surface area contributed by atoms with E-state index in [4.69, 9.17) is 0 Å². The maximum absolute atomic E-state index is 14.0. The molecule has 0 aliphatic carbocycles. The normalized spacial score (nSPS) is 12.2. The van der Waals surface area contributed by atoms with Gasteiger partial charge in [-0.05, 0) is 80.1 Å². The Morgan fingerprint density at radius 2 is 1.52 bits per heavy atom. The number of benzene rings is 3. The summed E-state index contributed by atoms with van der Waals surface area (Å²) in [6, 6.07) is 20.2. The van der Waals surface area contributed by atoms with Crippen molar-refractivity contribution in [3.8, 4) is 0 Å². The summed E-state index contributed by atoms with van der Waals surface area (Å²) in [5.41, 5.74) is 2.15. The van der Waals surface area contributed by atoms with E-state index in [-0.39, 0.29) is 23.3 Å². The van der Waals surface area contributed by atoms with Gasteiger partial charge in [0.15, 0.2) is 0 Å². The van der Waals surface area contributed by atoms with Gasteiger partial charge in [0, 0.05) is 22.5 Å². The predicted molar refractivity (Wildman–Crippen MR) is 166 cm³/mol. The Morgan fingerprint density at radius 1 is 0.925 bits per heavy atom. The van der Waals surface area contributed by atoms with Crippen molar-refractivity contribution in [2.24, 2.45) is 5.92 Å². The van der Waals surface area contributed by atoms with E-state index in [9.17, 15) is 18.0 Å². The second kappa shape index (κ2) is 14.2. The van der Waals surface area contributed by atoms with Gasteiger partial charge in [-0.2, -0.15) is 0 Å². The summed E-state index contributed by atoms with van der Waals surface area (Å²) in [5, 5.41) is 2.90. The number of rotatable bonds is 12. The molecular weight excluding hydrogens is 610 g/mol. The minimum Gasteiger partial charge on any atom is -0.354 e. The number of sulfonamides is 1. The molecule has 0 heterocycles. The monoisotopic (exact) mass is 645 g/mol. The van der Waals surface area contributed by atoms with Crippen LogP contribution in [0.15, 0.2) is 87.1 Å². The van der Waals surface area contributed by atoms with Gasteiger partial charge in [-0.25, -0.2) is 8.42 Å². The minimum atomic E-state index is -4.10. The summed E-state index contributed by atoms with van der Waals surface area (Å²) in [6.45, 7) is 7.71. The van der Waals surface area contributed by atoms with Gasteiger partial charge >= 0.3 is 0 Å². The zero-order valence-corrected chi connectivity index (χ0v) is 26.6. The highest BCUT2D eigenvalue weighted by Gasteiger charge is 2.32. The molecule has 1 unspecified atom stereocenters. The van der Waals surface area contributed by atoms with Crippen molar-refractivity contribution < 1.29 is 18.0 Å². The summed E-state index contributed by atoms with van der Waals surface area (Å²) in [4.78, 5) is 29.5. The number of carbonyl (C=O) groups is 2. The molecule has 214 valence electrons. The Balaban J connectivity index is 2.00. The molecule has 2 amide bonds. The molecule has 0 fully saturated rings. The van der Waals surface area contributed by atoms with Crippen LogP contribution in [0.25, 0.3) is 0 Å². The summed E-state index contributed by atoms with van der Waals surface area (Å²) < 4.78 is 29.8. The van der Waals surface area contributed by atoms with E-state index in [1.165, 1.54) is 16.7 Å². The van der Waals surface area contributed by atoms with E-state index >= 15 is 0 Å². The number of hydrogen-bond donors (Lipinski definition) is 1. The first kappa shape index (κ1) is 31.7. The van der Waals surface area contributed by atoms with Gasteiger partial charge < -0.3 is 10.2 Å². The molecule has 1 atom stereocenters. The van der Waals surface area contributed by atoms with Gasteiger partial charge in [-0.3, -0.25) is 13.9 Å². The van der Waals surface area contributed by atoms with Crippen molar-refractivity contribution >= 4 is 55.2 Å². The number of anilines is 1. The zero-order chi connectivity index (χ0) is 29.4. The van der Waals surface area contributed by atoms with Crippen LogP contribution in [0.5, 0.6) is 0 Å². The zero-order valence-electron chi connectivity index (χ0n) is 23.4. The molecule has 0 radical (unpaired) electrons. The smallest absolute Gasteiger partial charge is 0.264 e. The van der Waals surface area contributed by atoms with Crippen molar-refractivity contribution in [1.82, 2.24) is 10.2 Å². The summed E-state index contributed by atoms with van der Waals surface area (Å²) in [5.74, 6) is -0.539. The van der Waals surface area contributed by atoms with E-state index in [0.717, 1.165) is 24.8 Å². The largest absolute Gasteiger partial charge is 0.354 e. The van der Waals surface area contributed by atoms with Crippen LogP contribution in [0.4, 0.5) is 5.69 Å². The highest BCUT2D eigenvalue weighted by molar-refractivity contribution is 9.10. The second-order valence-corrected chi connectivity index (χ2v) is 13.6. The lowest BCUT2D eigenvalue weighted by molar-refractivity contribution is -0.139. The first-order valence-electron chi connectivity index (χ1n) is 13.0. The van der Waals surface area contributed by atoms with Crippen molar-refractivity contribution in [3.05, 3.63) is 88.4 Å². The highest BCUT2D eigenvalue weighted by atomic mass is 79.9. The van der Waals surface area contributed by atoms with E-state index in [2.05, 4.69) is 21.2 Å². The topological polar surface area (TPSA) is 86.8 Å². The predicted octanol–water partition coefficient (Wildman–Crippen LogP) is 5.86. The van der Waals surface area contributed by atoms with Gasteiger partial charge in [0.1, 0.15) is 12.6 Å². The molecular formula is C30H36BrN3O4S2. The molecule has 3 aromatic carbocycles. The molecule has 3 rings (SSSR count). The molecule has 0 saturated carbocycles. The van der Waals surface area contributed by atoms with Crippen molar-refractivity contribution in [2.45, 2.75) is 50.1 Å². The molecule has 0 saturated heterocycles. The molecule has 7 nitrogen and oxygen atoms in total. The fourth-order valence-electron chi connectivity index (χ4n) is 3.94. The number of nitrogens with one attached hydrogen (secondary N) is 1. The molecule has 0 bridgehead atoms. The maximum Gasteiger partial charge on any atom is 0.264 e. The fraction of sp³-hybridized carbons (Fsp3) is 0.333. The molecule has 10 heteroatoms. The lowest BCUT2D eigenvalue weighted by Crippen LogP contribution is -2.51. The van der Waals surface area contributed by atoms with Crippen LogP contribution in [0.2, 0.25) is 0 Å². The van der Waals surface area contributed by atoms with E-state index in [1.54, 1.807) is 55.5 Å². The van der Waals surface area contributed by atoms with E-state index < -0.39 is 28.5 Å². The maximum atomic E-state index is 14.0. The molecule has 0 aliphatic rings. The van der Waals surface area contributed by atoms with Gasteiger partial charge in [0.25, 0.3) is 10.0 Å². The average Bonchev–Trinajstić information content (AvgIpc) is 2.94. The van der Waals surface area contributed by atoms with Gasteiger partial charge in [0.2, 0.25) is 11.8 Å². The number of nitrogens with zero attached hydrogens (tertiary/aromatic N) is 2. The third-order valence-electron chi connectivity index (χ3n) is 6.37. The Morgan fingerprint density at radius 3 is 2.08 bits per heavy atom. The number of thioether (sulfide) groups is 1. The van der Waals surface area contributed by atoms with Crippen molar-refractivity contribution in [3.63, 3.8) is 0 Å². The van der Waals surface area contributed by atoms with Crippen LogP contribution >= 0.6 is 27.7 Å². The third kappa shape index (κ3) is 8.34. The summed E-state index contributed by atoms with van der Waals surface area (Å²) in [6.07, 6.45) is 1.92. The lowest BCUT2D eigenvalue weighted by Gasteiger charge is -2.32. The number of halogens is 1. The van der Waals surface area contributed by atoms with Crippen LogP contribution in [0.3, 0.4) is 0 Å². The number of aryl methyl sites for hydroxylation is 1. The van der Waals surface area contributed by atoms with Crippen LogP contribution in [-0.2, 0) is 26.2 Å². The van der Waals surface area contributed by atoms with E-state index in [0.29, 0.717) is 12.2 Å². The molecule has 1 N–H and O–H groups in total. The molecule has 0 aromatic heterocycles. The molecule has 40 heavy (non-hydrogen) atoms. The lowest BCUT2D eigenvalue weighted by atomic mass is 10.1. The Labute approximate surface area is 250 Å². The van der Waals surface area contributed by atoms with Gasteiger partial charge in [-0.1, -0.05) is 59.6 Å². The van der Waals surface area contributed by atoms with Gasteiger partial charge in [0.05, 0.1) is 10.6 Å². The molecule has 0 aliphatic heterocycles. The minimum absolute atomic E-state index is 0.0841. The van der Waals surface area contributed by atoms with E-state index in [1.807, 2.05) is 51.3 Å². The number of hydrogen-bond acceptors (Lipinski definition) is 5. The first-order chi connectivity index (χ1) is 18.9. The molecule has 0 spiro atoms. The van der Waals surface area contributed by atoms with Gasteiger partial charge in [-0.15, -0.1) is 11.8 Å². The standard InChI is InChI=1S/C30H36BrN3O4S2/c1-21(2)18-32-30(36)23(4)33(19-24-8-10-25(31)11-9-24)29(35)20-34(26-12-6-22(3)7-13-26)40(37,38)28-16-14-27(39-5)15-17-28/h6-17,21,23H,18-20H2,1-5H3,(H,32,36). The molecule has 3 aromatic rings. The first-order valence-corrected chi connectivity index (χ1v) is 16.4. The van der Waals surface area contributed by atoms with Crippen molar-refractivity contribution in [2.75, 3.05) is 23.7 Å². The Hall–Kier alpha value is -2.82. The number of carbonyl (C=O) groups excluding carboxylic acids is 2. The third-order valence-corrected chi connectivity index (χ3v) is 9.43. The quantitative estimate of drug-likeness (QED) is 0.249. The van der Waals surface area contributed by atoms with Crippen LogP contribution in [0, 0.1) is 12.8 Å². The second-order valence-electron chi connectivity index (χ2n) is 9.99. The Kier molecular flexibility index (Phi) is 11.2. The highest BCUT2D eigenvalue weighted by Crippen LogP contribution is 2.26. The fourth-order valence-corrected chi connectivity index (χ4v) is 6.02.